The molecule has 1 aromatic heterocycles. The van der Waals surface area contributed by atoms with E-state index >= 15 is 0 Å². The van der Waals surface area contributed by atoms with Crippen LogP contribution >= 0.6 is 0 Å². The highest BCUT2D eigenvalue weighted by Gasteiger charge is 2.39. The highest BCUT2D eigenvalue weighted by atomic mass is 16.2. The van der Waals surface area contributed by atoms with Crippen LogP contribution in [0.3, 0.4) is 0 Å². The lowest BCUT2D eigenvalue weighted by Crippen LogP contribution is -2.31. The van der Waals surface area contributed by atoms with Crippen LogP contribution in [-0.2, 0) is 18.3 Å². The second-order valence-electron chi connectivity index (χ2n) is 5.95. The standard InChI is InChI=1S/C16H20N4O/c1-4-16(9-12-7-5-6-8-13(12)10-16)14-11-17-20(18-14)15(21)19(2)3/h5-8,11H,4,9-10H2,1-3H3. The summed E-state index contributed by atoms with van der Waals surface area (Å²) in [4.78, 5) is 14.6. The third-order valence-corrected chi connectivity index (χ3v) is 4.44. The normalized spacial score (nSPS) is 15.8. The predicted molar refractivity (Wildman–Crippen MR) is 80.3 cm³/mol. The van der Waals surface area contributed by atoms with Crippen molar-refractivity contribution in [3.63, 3.8) is 0 Å². The first-order chi connectivity index (χ1) is 10.1. The Kier molecular flexibility index (Phi) is 3.27. The molecule has 0 bridgehead atoms. The smallest absolute Gasteiger partial charge is 0.328 e. The van der Waals surface area contributed by atoms with Gasteiger partial charge < -0.3 is 4.90 Å². The van der Waals surface area contributed by atoms with E-state index in [1.54, 1.807) is 20.3 Å². The molecule has 5 heteroatoms. The van der Waals surface area contributed by atoms with Crippen LogP contribution in [0.15, 0.2) is 30.5 Å². The highest BCUT2D eigenvalue weighted by molar-refractivity contribution is 5.74. The largest absolute Gasteiger partial charge is 0.361 e. The molecule has 0 spiro atoms. The van der Waals surface area contributed by atoms with Crippen molar-refractivity contribution in [2.75, 3.05) is 14.1 Å². The molecule has 0 atom stereocenters. The van der Waals surface area contributed by atoms with Gasteiger partial charge in [-0.25, -0.2) is 4.79 Å². The summed E-state index contributed by atoms with van der Waals surface area (Å²) in [6.07, 6.45) is 4.66. The van der Waals surface area contributed by atoms with Crippen molar-refractivity contribution >= 4 is 6.03 Å². The van der Waals surface area contributed by atoms with Crippen LogP contribution < -0.4 is 0 Å². The van der Waals surface area contributed by atoms with Crippen LogP contribution in [0.2, 0.25) is 0 Å². The zero-order chi connectivity index (χ0) is 15.0. The fourth-order valence-electron chi connectivity index (χ4n) is 3.08. The van der Waals surface area contributed by atoms with Gasteiger partial charge in [-0.2, -0.15) is 5.10 Å². The Morgan fingerprint density at radius 1 is 1.29 bits per heavy atom. The summed E-state index contributed by atoms with van der Waals surface area (Å²) in [6.45, 7) is 2.18. The van der Waals surface area contributed by atoms with Crippen LogP contribution in [0.4, 0.5) is 4.79 Å². The first kappa shape index (κ1) is 13.8. The molecule has 0 aliphatic heterocycles. The van der Waals surface area contributed by atoms with Crippen molar-refractivity contribution in [3.05, 3.63) is 47.3 Å². The van der Waals surface area contributed by atoms with Crippen LogP contribution in [0.5, 0.6) is 0 Å². The lowest BCUT2D eigenvalue weighted by atomic mass is 9.79. The molecule has 1 aliphatic rings. The molecule has 1 aliphatic carbocycles. The molecule has 0 saturated carbocycles. The van der Waals surface area contributed by atoms with Crippen molar-refractivity contribution < 1.29 is 4.79 Å². The maximum absolute atomic E-state index is 11.9. The van der Waals surface area contributed by atoms with Gasteiger partial charge in [0.2, 0.25) is 0 Å². The summed E-state index contributed by atoms with van der Waals surface area (Å²) in [5, 5.41) is 8.61. The predicted octanol–water partition coefficient (Wildman–Crippen LogP) is 2.25. The van der Waals surface area contributed by atoms with Gasteiger partial charge in [0.1, 0.15) is 0 Å². The molecule has 21 heavy (non-hydrogen) atoms. The molecule has 0 fully saturated rings. The van der Waals surface area contributed by atoms with E-state index in [4.69, 9.17) is 0 Å². The monoisotopic (exact) mass is 284 g/mol. The van der Waals surface area contributed by atoms with Gasteiger partial charge in [-0.3, -0.25) is 0 Å². The Labute approximate surface area is 124 Å². The minimum Gasteiger partial charge on any atom is -0.328 e. The Bertz CT molecular complexity index is 649. The molecule has 5 nitrogen and oxygen atoms in total. The number of hydrogen-bond donors (Lipinski definition) is 0. The third kappa shape index (κ3) is 2.22. The van der Waals surface area contributed by atoms with E-state index in [-0.39, 0.29) is 11.4 Å². The summed E-state index contributed by atoms with van der Waals surface area (Å²) in [5.41, 5.74) is 3.64. The fraction of sp³-hybridized carbons (Fsp3) is 0.438. The molecule has 1 amide bonds. The summed E-state index contributed by atoms with van der Waals surface area (Å²) >= 11 is 0. The molecule has 1 heterocycles. The number of nitrogens with zero attached hydrogens (tertiary/aromatic N) is 4. The van der Waals surface area contributed by atoms with Gasteiger partial charge in [-0.05, 0) is 30.4 Å². The van der Waals surface area contributed by atoms with Crippen molar-refractivity contribution in [3.8, 4) is 0 Å². The number of carbonyl (C=O) groups excluding carboxylic acids is 1. The number of fused-ring (bicyclic) bond motifs is 1. The molecule has 0 unspecified atom stereocenters. The zero-order valence-electron chi connectivity index (χ0n) is 12.7. The molecular formula is C16H20N4O. The highest BCUT2D eigenvalue weighted by Crippen LogP contribution is 2.41. The van der Waals surface area contributed by atoms with Crippen LogP contribution in [0, 0.1) is 0 Å². The molecule has 110 valence electrons. The number of amides is 1. The van der Waals surface area contributed by atoms with Gasteiger partial charge in [0, 0.05) is 19.5 Å². The molecule has 2 aromatic rings. The van der Waals surface area contributed by atoms with Gasteiger partial charge in [-0.1, -0.05) is 36.0 Å². The van der Waals surface area contributed by atoms with E-state index in [0.29, 0.717) is 0 Å². The third-order valence-electron chi connectivity index (χ3n) is 4.44. The second kappa shape index (κ2) is 4.98. The van der Waals surface area contributed by atoms with E-state index in [0.717, 1.165) is 25.0 Å². The quantitative estimate of drug-likeness (QED) is 0.850. The van der Waals surface area contributed by atoms with Crippen LogP contribution in [0.1, 0.15) is 30.2 Å². The van der Waals surface area contributed by atoms with E-state index in [1.807, 2.05) is 0 Å². The first-order valence-electron chi connectivity index (χ1n) is 7.27. The molecule has 0 radical (unpaired) electrons. The van der Waals surface area contributed by atoms with E-state index in [2.05, 4.69) is 41.4 Å². The average Bonchev–Trinajstić information content (AvgIpc) is 3.11. The topological polar surface area (TPSA) is 51.0 Å². The van der Waals surface area contributed by atoms with Gasteiger partial charge >= 0.3 is 6.03 Å². The van der Waals surface area contributed by atoms with Gasteiger partial charge in [0.25, 0.3) is 0 Å². The van der Waals surface area contributed by atoms with Crippen molar-refractivity contribution in [2.24, 2.45) is 0 Å². The van der Waals surface area contributed by atoms with Crippen molar-refractivity contribution in [1.82, 2.24) is 19.9 Å². The Morgan fingerprint density at radius 2 is 1.90 bits per heavy atom. The lowest BCUT2D eigenvalue weighted by Gasteiger charge is -2.24. The van der Waals surface area contributed by atoms with Gasteiger partial charge in [-0.15, -0.1) is 5.10 Å². The lowest BCUT2D eigenvalue weighted by molar-refractivity contribution is 0.211. The van der Waals surface area contributed by atoms with Crippen molar-refractivity contribution in [1.29, 1.82) is 0 Å². The van der Waals surface area contributed by atoms with Gasteiger partial charge in [0.15, 0.2) is 0 Å². The van der Waals surface area contributed by atoms with Crippen molar-refractivity contribution in [2.45, 2.75) is 31.6 Å². The minimum absolute atomic E-state index is 0.0332. The Morgan fingerprint density at radius 3 is 2.43 bits per heavy atom. The summed E-state index contributed by atoms with van der Waals surface area (Å²) in [7, 11) is 3.40. The summed E-state index contributed by atoms with van der Waals surface area (Å²) < 4.78 is 0. The number of rotatable bonds is 2. The number of hydrogen-bond acceptors (Lipinski definition) is 3. The molecular weight excluding hydrogens is 264 g/mol. The molecule has 1 aromatic carbocycles. The van der Waals surface area contributed by atoms with Crippen LogP contribution in [-0.4, -0.2) is 40.0 Å². The first-order valence-corrected chi connectivity index (χ1v) is 7.27. The number of aromatic nitrogens is 3. The van der Waals surface area contributed by atoms with E-state index < -0.39 is 0 Å². The maximum atomic E-state index is 11.9. The number of carbonyl (C=O) groups is 1. The summed E-state index contributed by atoms with van der Waals surface area (Å²) in [6, 6.07) is 8.31. The fourth-order valence-corrected chi connectivity index (χ4v) is 3.08. The SMILES string of the molecule is CCC1(c2cnn(C(=O)N(C)C)n2)Cc2ccccc2C1. The zero-order valence-corrected chi connectivity index (χ0v) is 12.7. The maximum Gasteiger partial charge on any atom is 0.361 e. The average molecular weight is 284 g/mol. The second-order valence-corrected chi connectivity index (χ2v) is 5.95. The minimum atomic E-state index is -0.219. The molecule has 0 N–H and O–H groups in total. The Hall–Kier alpha value is -2.17. The van der Waals surface area contributed by atoms with E-state index in [9.17, 15) is 4.79 Å². The molecule has 3 rings (SSSR count). The van der Waals surface area contributed by atoms with E-state index in [1.165, 1.54) is 20.8 Å². The number of benzene rings is 1. The molecule has 0 saturated heterocycles. The van der Waals surface area contributed by atoms with Crippen LogP contribution in [0.25, 0.3) is 0 Å². The summed E-state index contributed by atoms with van der Waals surface area (Å²) in [5.74, 6) is 0. The van der Waals surface area contributed by atoms with Gasteiger partial charge in [0.05, 0.1) is 11.9 Å². The Balaban J connectivity index is 1.94.